The van der Waals surface area contributed by atoms with Gasteiger partial charge in [0.15, 0.2) is 0 Å². The first-order valence-corrected chi connectivity index (χ1v) is 6.02. The van der Waals surface area contributed by atoms with Gasteiger partial charge in [0.05, 0.1) is 0 Å². The molecule has 0 aliphatic heterocycles. The van der Waals surface area contributed by atoms with Crippen LogP contribution in [-0.4, -0.2) is 11.9 Å². The second-order valence-electron chi connectivity index (χ2n) is 4.69. The lowest BCUT2D eigenvalue weighted by molar-refractivity contribution is 0.0924. The first-order valence-electron chi connectivity index (χ1n) is 6.02. The molecule has 0 saturated carbocycles. The molecule has 1 aromatic carbocycles. The standard InChI is InChI=1S/C14H20FNO/c1-5-13(9(2)3)16-14(17)12-7-6-11(15)8-10(12)4/h6-9,13H,5H2,1-4H3,(H,16,17). The van der Waals surface area contributed by atoms with Crippen molar-refractivity contribution in [1.82, 2.24) is 5.32 Å². The molecule has 0 aromatic heterocycles. The van der Waals surface area contributed by atoms with E-state index < -0.39 is 0 Å². The average Bonchev–Trinajstić information content (AvgIpc) is 2.24. The number of nitrogens with one attached hydrogen (secondary N) is 1. The van der Waals surface area contributed by atoms with Gasteiger partial charge in [-0.2, -0.15) is 0 Å². The molecule has 2 nitrogen and oxygen atoms in total. The highest BCUT2D eigenvalue weighted by Gasteiger charge is 2.16. The van der Waals surface area contributed by atoms with Crippen molar-refractivity contribution in [2.24, 2.45) is 5.92 Å². The van der Waals surface area contributed by atoms with E-state index in [0.29, 0.717) is 17.0 Å². The third-order valence-electron chi connectivity index (χ3n) is 2.99. The van der Waals surface area contributed by atoms with E-state index >= 15 is 0 Å². The first kappa shape index (κ1) is 13.7. The maximum atomic E-state index is 12.9. The molecule has 0 bridgehead atoms. The van der Waals surface area contributed by atoms with Crippen LogP contribution in [0.2, 0.25) is 0 Å². The minimum Gasteiger partial charge on any atom is -0.349 e. The first-order chi connectivity index (χ1) is 7.95. The predicted molar refractivity (Wildman–Crippen MR) is 67.5 cm³/mol. The van der Waals surface area contributed by atoms with Crippen molar-refractivity contribution in [3.63, 3.8) is 0 Å². The Morgan fingerprint density at radius 3 is 2.53 bits per heavy atom. The van der Waals surface area contributed by atoms with Gasteiger partial charge in [0.1, 0.15) is 5.82 Å². The summed E-state index contributed by atoms with van der Waals surface area (Å²) >= 11 is 0. The molecule has 94 valence electrons. The van der Waals surface area contributed by atoms with Crippen LogP contribution in [0.4, 0.5) is 4.39 Å². The van der Waals surface area contributed by atoms with E-state index in [-0.39, 0.29) is 17.8 Å². The van der Waals surface area contributed by atoms with E-state index in [2.05, 4.69) is 19.2 Å². The van der Waals surface area contributed by atoms with Crippen molar-refractivity contribution < 1.29 is 9.18 Å². The molecular formula is C14H20FNO. The zero-order valence-corrected chi connectivity index (χ0v) is 10.9. The summed E-state index contributed by atoms with van der Waals surface area (Å²) in [6.45, 7) is 7.94. The fraction of sp³-hybridized carbons (Fsp3) is 0.500. The molecule has 0 aliphatic carbocycles. The van der Waals surface area contributed by atoms with Crippen molar-refractivity contribution in [2.45, 2.75) is 40.2 Å². The van der Waals surface area contributed by atoms with Gasteiger partial charge in [0.2, 0.25) is 0 Å². The fourth-order valence-corrected chi connectivity index (χ4v) is 1.87. The zero-order valence-electron chi connectivity index (χ0n) is 10.9. The summed E-state index contributed by atoms with van der Waals surface area (Å²) in [6.07, 6.45) is 0.893. The topological polar surface area (TPSA) is 29.1 Å². The summed E-state index contributed by atoms with van der Waals surface area (Å²) < 4.78 is 12.9. The number of hydrogen-bond donors (Lipinski definition) is 1. The Labute approximate surface area is 102 Å². The summed E-state index contributed by atoms with van der Waals surface area (Å²) in [5.41, 5.74) is 1.21. The Kier molecular flexibility index (Phi) is 4.67. The van der Waals surface area contributed by atoms with E-state index in [1.54, 1.807) is 6.92 Å². The van der Waals surface area contributed by atoms with Crippen LogP contribution in [0.3, 0.4) is 0 Å². The molecule has 0 aliphatic rings. The number of benzene rings is 1. The lowest BCUT2D eigenvalue weighted by atomic mass is 10.0. The number of aryl methyl sites for hydroxylation is 1. The van der Waals surface area contributed by atoms with Gasteiger partial charge < -0.3 is 5.32 Å². The Balaban J connectivity index is 2.82. The minimum atomic E-state index is -0.310. The van der Waals surface area contributed by atoms with Crippen molar-refractivity contribution in [2.75, 3.05) is 0 Å². The number of carbonyl (C=O) groups is 1. The van der Waals surface area contributed by atoms with Crippen LogP contribution in [-0.2, 0) is 0 Å². The molecule has 0 heterocycles. The van der Waals surface area contributed by atoms with Crippen LogP contribution in [0.1, 0.15) is 43.1 Å². The lowest BCUT2D eigenvalue weighted by Crippen LogP contribution is -2.38. The van der Waals surface area contributed by atoms with Crippen LogP contribution < -0.4 is 5.32 Å². The zero-order chi connectivity index (χ0) is 13.0. The third-order valence-corrected chi connectivity index (χ3v) is 2.99. The third kappa shape index (κ3) is 3.55. The second-order valence-corrected chi connectivity index (χ2v) is 4.69. The van der Waals surface area contributed by atoms with Crippen molar-refractivity contribution in [1.29, 1.82) is 0 Å². The number of carbonyl (C=O) groups excluding carboxylic acids is 1. The highest BCUT2D eigenvalue weighted by Crippen LogP contribution is 2.12. The van der Waals surface area contributed by atoms with Gasteiger partial charge in [0.25, 0.3) is 5.91 Å². The normalized spacial score (nSPS) is 12.6. The smallest absolute Gasteiger partial charge is 0.251 e. The number of amides is 1. The molecule has 0 saturated heterocycles. The monoisotopic (exact) mass is 237 g/mol. The Bertz CT molecular complexity index is 401. The van der Waals surface area contributed by atoms with Crippen LogP contribution in [0.25, 0.3) is 0 Å². The second kappa shape index (κ2) is 5.80. The summed E-state index contributed by atoms with van der Waals surface area (Å²) in [5.74, 6) is -0.0392. The quantitative estimate of drug-likeness (QED) is 0.855. The molecular weight excluding hydrogens is 217 g/mol. The summed E-state index contributed by atoms with van der Waals surface area (Å²) in [6, 6.07) is 4.39. The Morgan fingerprint density at radius 1 is 1.41 bits per heavy atom. The Hall–Kier alpha value is -1.38. The summed E-state index contributed by atoms with van der Waals surface area (Å²) in [7, 11) is 0. The highest BCUT2D eigenvalue weighted by molar-refractivity contribution is 5.95. The van der Waals surface area contributed by atoms with Gasteiger partial charge in [0, 0.05) is 11.6 Å². The van der Waals surface area contributed by atoms with E-state index in [1.807, 2.05) is 6.92 Å². The van der Waals surface area contributed by atoms with E-state index in [1.165, 1.54) is 18.2 Å². The van der Waals surface area contributed by atoms with Crippen LogP contribution in [0, 0.1) is 18.7 Å². The van der Waals surface area contributed by atoms with Gasteiger partial charge in [-0.3, -0.25) is 4.79 Å². The van der Waals surface area contributed by atoms with Crippen LogP contribution >= 0.6 is 0 Å². The highest BCUT2D eigenvalue weighted by atomic mass is 19.1. The van der Waals surface area contributed by atoms with Gasteiger partial charge in [-0.1, -0.05) is 20.8 Å². The molecule has 0 radical (unpaired) electrons. The molecule has 0 fully saturated rings. The lowest BCUT2D eigenvalue weighted by Gasteiger charge is -2.21. The van der Waals surface area contributed by atoms with Gasteiger partial charge in [-0.05, 0) is 43.0 Å². The van der Waals surface area contributed by atoms with E-state index in [0.717, 1.165) is 6.42 Å². The maximum Gasteiger partial charge on any atom is 0.251 e. The molecule has 0 spiro atoms. The van der Waals surface area contributed by atoms with Crippen LogP contribution in [0.15, 0.2) is 18.2 Å². The molecule has 1 aromatic rings. The molecule has 1 rings (SSSR count). The molecule has 1 atom stereocenters. The van der Waals surface area contributed by atoms with Gasteiger partial charge in [-0.25, -0.2) is 4.39 Å². The molecule has 1 amide bonds. The van der Waals surface area contributed by atoms with Gasteiger partial charge in [-0.15, -0.1) is 0 Å². The fourth-order valence-electron chi connectivity index (χ4n) is 1.87. The van der Waals surface area contributed by atoms with Crippen molar-refractivity contribution in [3.05, 3.63) is 35.1 Å². The molecule has 1 N–H and O–H groups in total. The predicted octanol–water partition coefficient (Wildman–Crippen LogP) is 3.30. The molecule has 3 heteroatoms. The van der Waals surface area contributed by atoms with Crippen molar-refractivity contribution in [3.8, 4) is 0 Å². The largest absolute Gasteiger partial charge is 0.349 e. The summed E-state index contributed by atoms with van der Waals surface area (Å²) in [5, 5.41) is 2.98. The van der Waals surface area contributed by atoms with E-state index in [4.69, 9.17) is 0 Å². The maximum absolute atomic E-state index is 12.9. The average molecular weight is 237 g/mol. The van der Waals surface area contributed by atoms with E-state index in [9.17, 15) is 9.18 Å². The van der Waals surface area contributed by atoms with Gasteiger partial charge >= 0.3 is 0 Å². The SMILES string of the molecule is CCC(NC(=O)c1ccc(F)cc1C)C(C)C. The summed E-state index contributed by atoms with van der Waals surface area (Å²) in [4.78, 5) is 12.0. The van der Waals surface area contributed by atoms with Crippen molar-refractivity contribution >= 4 is 5.91 Å². The molecule has 17 heavy (non-hydrogen) atoms. The number of hydrogen-bond acceptors (Lipinski definition) is 1. The minimum absolute atomic E-state index is 0.122. The van der Waals surface area contributed by atoms with Crippen LogP contribution in [0.5, 0.6) is 0 Å². The Morgan fingerprint density at radius 2 is 2.06 bits per heavy atom. The number of rotatable bonds is 4. The number of halogens is 1. The molecule has 1 unspecified atom stereocenters.